The molecule has 4 nitrogen and oxygen atoms in total. The molecule has 25 heavy (non-hydrogen) atoms. The first-order valence-corrected chi connectivity index (χ1v) is 8.00. The monoisotopic (exact) mass is 355 g/mol. The predicted molar refractivity (Wildman–Crippen MR) is 97.4 cm³/mol. The third-order valence-corrected chi connectivity index (χ3v) is 3.92. The molecule has 0 saturated carbocycles. The molecule has 2 aromatic carbocycles. The molecule has 6 heteroatoms. The molecule has 0 aliphatic rings. The van der Waals surface area contributed by atoms with Gasteiger partial charge in [-0.25, -0.2) is 4.39 Å². The summed E-state index contributed by atoms with van der Waals surface area (Å²) in [7, 11) is 0. The Balaban J connectivity index is 1.70. The van der Waals surface area contributed by atoms with E-state index in [-0.39, 0.29) is 11.4 Å². The Bertz CT molecular complexity index is 901. The number of rotatable bonds is 5. The van der Waals surface area contributed by atoms with Gasteiger partial charge < -0.3 is 10.6 Å². The third-order valence-electron chi connectivity index (χ3n) is 3.56. The number of amides is 1. The molecule has 0 bridgehead atoms. The second kappa shape index (κ2) is 7.77. The Labute approximate surface area is 149 Å². The second-order valence-corrected chi connectivity index (χ2v) is 5.72. The summed E-state index contributed by atoms with van der Waals surface area (Å²) in [6.07, 6.45) is 1.52. The van der Waals surface area contributed by atoms with Gasteiger partial charge in [-0.3, -0.25) is 9.78 Å². The van der Waals surface area contributed by atoms with Gasteiger partial charge in [0.15, 0.2) is 0 Å². The van der Waals surface area contributed by atoms with Crippen LogP contribution in [0.1, 0.15) is 16.1 Å². The predicted octanol–water partition coefficient (Wildman–Crippen LogP) is 4.74. The van der Waals surface area contributed by atoms with Crippen LogP contribution in [0.15, 0.2) is 66.9 Å². The normalized spacial score (nSPS) is 10.3. The Morgan fingerprint density at radius 1 is 1.08 bits per heavy atom. The number of carbonyl (C=O) groups is 1. The Kier molecular flexibility index (Phi) is 5.26. The average Bonchev–Trinajstić information content (AvgIpc) is 2.63. The van der Waals surface area contributed by atoms with Gasteiger partial charge >= 0.3 is 0 Å². The van der Waals surface area contributed by atoms with Gasteiger partial charge in [-0.15, -0.1) is 0 Å². The zero-order valence-corrected chi connectivity index (χ0v) is 13.9. The lowest BCUT2D eigenvalue weighted by atomic mass is 10.2. The zero-order valence-electron chi connectivity index (χ0n) is 13.2. The average molecular weight is 356 g/mol. The summed E-state index contributed by atoms with van der Waals surface area (Å²) in [5, 5.41) is 6.37. The molecule has 0 fully saturated rings. The van der Waals surface area contributed by atoms with E-state index in [9.17, 15) is 9.18 Å². The van der Waals surface area contributed by atoms with Crippen molar-refractivity contribution in [1.82, 2.24) is 4.98 Å². The fourth-order valence-electron chi connectivity index (χ4n) is 2.25. The van der Waals surface area contributed by atoms with Gasteiger partial charge in [0, 0.05) is 23.5 Å². The van der Waals surface area contributed by atoms with Gasteiger partial charge in [-0.1, -0.05) is 41.9 Å². The molecule has 0 radical (unpaired) electrons. The fourth-order valence-corrected chi connectivity index (χ4v) is 2.46. The van der Waals surface area contributed by atoms with Crippen LogP contribution < -0.4 is 10.6 Å². The lowest BCUT2D eigenvalue weighted by Crippen LogP contribution is -2.15. The van der Waals surface area contributed by atoms with E-state index in [1.54, 1.807) is 24.3 Å². The lowest BCUT2D eigenvalue weighted by Gasteiger charge is -2.10. The molecule has 0 aliphatic heterocycles. The van der Waals surface area contributed by atoms with Crippen molar-refractivity contribution in [2.24, 2.45) is 0 Å². The minimum absolute atomic E-state index is 0.115. The summed E-state index contributed by atoms with van der Waals surface area (Å²) in [6, 6.07) is 16.8. The number of aromatic nitrogens is 1. The highest BCUT2D eigenvalue weighted by Gasteiger charge is 2.11. The van der Waals surface area contributed by atoms with E-state index < -0.39 is 11.7 Å². The largest absolute Gasteiger partial charge is 0.381 e. The van der Waals surface area contributed by atoms with Crippen LogP contribution in [-0.2, 0) is 6.54 Å². The van der Waals surface area contributed by atoms with Gasteiger partial charge in [-0.2, -0.15) is 0 Å². The first-order valence-electron chi connectivity index (χ1n) is 7.63. The number of hydrogen-bond donors (Lipinski definition) is 2. The number of nitrogens with zero attached hydrogens (tertiary/aromatic N) is 1. The van der Waals surface area contributed by atoms with Crippen LogP contribution >= 0.6 is 11.6 Å². The molecular weight excluding hydrogens is 341 g/mol. The van der Waals surface area contributed by atoms with Crippen molar-refractivity contribution in [3.8, 4) is 0 Å². The highest BCUT2D eigenvalue weighted by Crippen LogP contribution is 2.18. The van der Waals surface area contributed by atoms with E-state index in [1.165, 1.54) is 18.3 Å². The van der Waals surface area contributed by atoms with Crippen LogP contribution in [0.2, 0.25) is 5.02 Å². The van der Waals surface area contributed by atoms with E-state index in [1.807, 2.05) is 24.3 Å². The first-order chi connectivity index (χ1) is 12.1. The smallest absolute Gasteiger partial charge is 0.274 e. The summed E-state index contributed by atoms with van der Waals surface area (Å²) in [5.74, 6) is -0.977. The van der Waals surface area contributed by atoms with Crippen molar-refractivity contribution < 1.29 is 9.18 Å². The van der Waals surface area contributed by atoms with Crippen LogP contribution in [0.4, 0.5) is 15.8 Å². The molecule has 0 spiro atoms. The van der Waals surface area contributed by atoms with E-state index >= 15 is 0 Å². The minimum Gasteiger partial charge on any atom is -0.381 e. The van der Waals surface area contributed by atoms with Crippen molar-refractivity contribution in [1.29, 1.82) is 0 Å². The zero-order chi connectivity index (χ0) is 17.6. The molecule has 0 unspecified atom stereocenters. The molecule has 2 N–H and O–H groups in total. The van der Waals surface area contributed by atoms with Crippen LogP contribution in [0, 0.1) is 5.82 Å². The molecule has 1 amide bonds. The summed E-state index contributed by atoms with van der Waals surface area (Å²) < 4.78 is 13.6. The first kappa shape index (κ1) is 16.9. The number of hydrogen-bond acceptors (Lipinski definition) is 3. The molecular formula is C19H15ClFN3O. The van der Waals surface area contributed by atoms with Gasteiger partial charge in [0.25, 0.3) is 5.91 Å². The molecule has 3 rings (SSSR count). The van der Waals surface area contributed by atoms with E-state index in [4.69, 9.17) is 11.6 Å². The number of pyridine rings is 1. The molecule has 0 saturated heterocycles. The highest BCUT2D eigenvalue weighted by atomic mass is 35.5. The van der Waals surface area contributed by atoms with Crippen LogP contribution in [0.25, 0.3) is 0 Å². The number of nitrogens with one attached hydrogen (secondary N) is 2. The summed E-state index contributed by atoms with van der Waals surface area (Å²) in [6.45, 7) is 0.512. The molecule has 3 aromatic rings. The van der Waals surface area contributed by atoms with Crippen molar-refractivity contribution >= 4 is 28.9 Å². The quantitative estimate of drug-likeness (QED) is 0.695. The minimum atomic E-state index is -0.496. The van der Waals surface area contributed by atoms with E-state index in [0.717, 1.165) is 5.56 Å². The van der Waals surface area contributed by atoms with Crippen molar-refractivity contribution in [3.05, 3.63) is 89.0 Å². The van der Waals surface area contributed by atoms with Crippen molar-refractivity contribution in [3.63, 3.8) is 0 Å². The Morgan fingerprint density at radius 3 is 2.64 bits per heavy atom. The maximum atomic E-state index is 13.6. The van der Waals surface area contributed by atoms with Gasteiger partial charge in [0.05, 0.1) is 5.69 Å². The second-order valence-electron chi connectivity index (χ2n) is 5.31. The number of benzene rings is 2. The van der Waals surface area contributed by atoms with E-state index in [0.29, 0.717) is 17.3 Å². The summed E-state index contributed by atoms with van der Waals surface area (Å²) in [5.41, 5.74) is 1.96. The molecule has 126 valence electrons. The van der Waals surface area contributed by atoms with Crippen LogP contribution in [0.5, 0.6) is 0 Å². The van der Waals surface area contributed by atoms with Crippen LogP contribution in [-0.4, -0.2) is 10.9 Å². The maximum Gasteiger partial charge on any atom is 0.274 e. The third kappa shape index (κ3) is 4.33. The standard InChI is InChI=1S/C19H15ClFN3O/c20-15-6-2-1-5-13(15)12-23-14-9-10-22-18(11-14)19(25)24-17-8-4-3-7-16(17)21/h1-11H,12H2,(H,22,23)(H,24,25). The van der Waals surface area contributed by atoms with Crippen LogP contribution in [0.3, 0.4) is 0 Å². The molecule has 1 aromatic heterocycles. The van der Waals surface area contributed by atoms with Crippen molar-refractivity contribution in [2.45, 2.75) is 6.54 Å². The Hall–Kier alpha value is -2.92. The van der Waals surface area contributed by atoms with Crippen molar-refractivity contribution in [2.75, 3.05) is 10.6 Å². The highest BCUT2D eigenvalue weighted by molar-refractivity contribution is 6.31. The lowest BCUT2D eigenvalue weighted by molar-refractivity contribution is 0.102. The topological polar surface area (TPSA) is 54.0 Å². The van der Waals surface area contributed by atoms with Gasteiger partial charge in [-0.05, 0) is 35.9 Å². The maximum absolute atomic E-state index is 13.6. The Morgan fingerprint density at radius 2 is 1.84 bits per heavy atom. The molecule has 0 atom stereocenters. The summed E-state index contributed by atoms with van der Waals surface area (Å²) >= 11 is 6.13. The molecule has 1 heterocycles. The number of para-hydroxylation sites is 1. The van der Waals surface area contributed by atoms with Gasteiger partial charge in [0.1, 0.15) is 11.5 Å². The summed E-state index contributed by atoms with van der Waals surface area (Å²) in [4.78, 5) is 16.3. The van der Waals surface area contributed by atoms with Gasteiger partial charge in [0.2, 0.25) is 0 Å². The fraction of sp³-hybridized carbons (Fsp3) is 0.0526. The number of halogens is 2. The number of anilines is 2. The molecule has 0 aliphatic carbocycles. The SMILES string of the molecule is O=C(Nc1ccccc1F)c1cc(NCc2ccccc2Cl)ccn1. The number of carbonyl (C=O) groups excluding carboxylic acids is 1. The van der Waals surface area contributed by atoms with E-state index in [2.05, 4.69) is 15.6 Å².